The third kappa shape index (κ3) is 5.67. The van der Waals surface area contributed by atoms with E-state index in [4.69, 9.17) is 9.15 Å². The molecular weight excluding hydrogens is 478 g/mol. The van der Waals surface area contributed by atoms with Crippen LogP contribution in [0.2, 0.25) is 0 Å². The number of carbonyl (C=O) groups is 3. The summed E-state index contributed by atoms with van der Waals surface area (Å²) in [6.07, 6.45) is 1.36. The zero-order chi connectivity index (χ0) is 26.4. The molecule has 0 atom stereocenters. The lowest BCUT2D eigenvalue weighted by Gasteiger charge is -2.08. The summed E-state index contributed by atoms with van der Waals surface area (Å²) in [6.45, 7) is 0.387. The van der Waals surface area contributed by atoms with Crippen LogP contribution in [0.1, 0.15) is 21.5 Å². The van der Waals surface area contributed by atoms with Gasteiger partial charge in [-0.25, -0.2) is 14.4 Å². The number of rotatable bonds is 9. The Labute approximate surface area is 211 Å². The van der Waals surface area contributed by atoms with Crippen molar-refractivity contribution in [1.29, 1.82) is 0 Å². The number of nitrogens with zero attached hydrogens (tertiary/aromatic N) is 1. The minimum absolute atomic E-state index is 0.162. The summed E-state index contributed by atoms with van der Waals surface area (Å²) in [7, 11) is 2.35. The molecule has 1 heterocycles. The Bertz CT molecular complexity index is 1510. The molecule has 0 fully saturated rings. The Kier molecular flexibility index (Phi) is 7.63. The fourth-order valence-electron chi connectivity index (χ4n) is 3.68. The van der Waals surface area contributed by atoms with Crippen LogP contribution in [0.15, 0.2) is 87.6 Å². The lowest BCUT2D eigenvalue weighted by molar-refractivity contribution is -0.143. The van der Waals surface area contributed by atoms with Gasteiger partial charge in [-0.15, -0.1) is 0 Å². The van der Waals surface area contributed by atoms with Gasteiger partial charge in [-0.05, 0) is 42.0 Å². The Hall–Kier alpha value is -4.92. The maximum Gasteiger partial charge on any atom is 0.420 e. The Morgan fingerprint density at radius 3 is 2.19 bits per heavy atom. The Balaban J connectivity index is 1.43. The highest BCUT2D eigenvalue weighted by Crippen LogP contribution is 2.19. The highest BCUT2D eigenvalue weighted by Gasteiger charge is 2.19. The Morgan fingerprint density at radius 2 is 1.54 bits per heavy atom. The SMILES string of the molecule is COC(=O)C(=Cc1ccc(OCCn2c(=O)oc3cc(C(=O)c4ccccc4)ccc32)cc1)C(=O)OC. The first-order valence-corrected chi connectivity index (χ1v) is 11.3. The molecule has 4 aromatic rings. The van der Waals surface area contributed by atoms with Gasteiger partial charge >= 0.3 is 17.7 Å². The predicted molar refractivity (Wildman–Crippen MR) is 134 cm³/mol. The third-order valence-corrected chi connectivity index (χ3v) is 5.55. The molecule has 0 amide bonds. The molecule has 4 rings (SSSR count). The van der Waals surface area contributed by atoms with Crippen LogP contribution in [0.4, 0.5) is 0 Å². The highest BCUT2D eigenvalue weighted by atomic mass is 16.5. The van der Waals surface area contributed by atoms with E-state index >= 15 is 0 Å². The van der Waals surface area contributed by atoms with Gasteiger partial charge in [-0.2, -0.15) is 0 Å². The van der Waals surface area contributed by atoms with Crippen molar-refractivity contribution < 1.29 is 33.0 Å². The average Bonchev–Trinajstić information content (AvgIpc) is 3.25. The van der Waals surface area contributed by atoms with E-state index in [1.54, 1.807) is 66.7 Å². The normalized spacial score (nSPS) is 10.5. The van der Waals surface area contributed by atoms with E-state index in [1.807, 2.05) is 6.07 Å². The number of carbonyl (C=O) groups excluding carboxylic acids is 3. The molecule has 3 aromatic carbocycles. The molecule has 188 valence electrons. The zero-order valence-corrected chi connectivity index (χ0v) is 20.1. The van der Waals surface area contributed by atoms with Crippen LogP contribution in [0.5, 0.6) is 5.75 Å². The van der Waals surface area contributed by atoms with Gasteiger partial charge in [-0.1, -0.05) is 42.5 Å². The van der Waals surface area contributed by atoms with Crippen molar-refractivity contribution >= 4 is 34.9 Å². The van der Waals surface area contributed by atoms with Crippen LogP contribution in [0.3, 0.4) is 0 Å². The number of hydrogen-bond acceptors (Lipinski definition) is 8. The van der Waals surface area contributed by atoms with Crippen molar-refractivity contribution in [2.45, 2.75) is 6.54 Å². The van der Waals surface area contributed by atoms with Crippen molar-refractivity contribution in [2.75, 3.05) is 20.8 Å². The molecule has 9 nitrogen and oxygen atoms in total. The molecule has 0 aliphatic heterocycles. The smallest absolute Gasteiger partial charge is 0.420 e. The fraction of sp³-hybridized carbons (Fsp3) is 0.143. The van der Waals surface area contributed by atoms with Crippen LogP contribution in [-0.4, -0.2) is 43.1 Å². The van der Waals surface area contributed by atoms with E-state index in [9.17, 15) is 19.2 Å². The maximum absolute atomic E-state index is 12.7. The molecule has 0 radical (unpaired) electrons. The van der Waals surface area contributed by atoms with Crippen LogP contribution >= 0.6 is 0 Å². The lowest BCUT2D eigenvalue weighted by atomic mass is 10.0. The molecule has 0 saturated carbocycles. The summed E-state index contributed by atoms with van der Waals surface area (Å²) in [6, 6.07) is 20.4. The number of fused-ring (bicyclic) bond motifs is 1. The van der Waals surface area contributed by atoms with E-state index in [0.29, 0.717) is 33.5 Å². The second kappa shape index (κ2) is 11.2. The molecule has 0 aliphatic carbocycles. The molecule has 0 aliphatic rings. The van der Waals surface area contributed by atoms with Gasteiger partial charge in [0.15, 0.2) is 11.4 Å². The van der Waals surface area contributed by atoms with Gasteiger partial charge in [0.05, 0.1) is 26.3 Å². The van der Waals surface area contributed by atoms with Gasteiger partial charge in [0.1, 0.15) is 17.9 Å². The van der Waals surface area contributed by atoms with Gasteiger partial charge in [0, 0.05) is 11.1 Å². The first-order valence-electron chi connectivity index (χ1n) is 11.3. The molecule has 0 bridgehead atoms. The minimum Gasteiger partial charge on any atom is -0.492 e. The van der Waals surface area contributed by atoms with E-state index < -0.39 is 17.7 Å². The number of oxazole rings is 1. The second-order valence-corrected chi connectivity index (χ2v) is 7.86. The van der Waals surface area contributed by atoms with E-state index in [0.717, 1.165) is 0 Å². The number of hydrogen-bond donors (Lipinski definition) is 0. The van der Waals surface area contributed by atoms with Crippen molar-refractivity contribution in [3.05, 3.63) is 106 Å². The lowest BCUT2D eigenvalue weighted by Crippen LogP contribution is -2.18. The highest BCUT2D eigenvalue weighted by molar-refractivity contribution is 6.17. The minimum atomic E-state index is -0.804. The average molecular weight is 501 g/mol. The van der Waals surface area contributed by atoms with E-state index in [2.05, 4.69) is 9.47 Å². The fourth-order valence-corrected chi connectivity index (χ4v) is 3.68. The quantitative estimate of drug-likeness (QED) is 0.112. The third-order valence-electron chi connectivity index (χ3n) is 5.55. The monoisotopic (exact) mass is 501 g/mol. The molecule has 9 heteroatoms. The summed E-state index contributed by atoms with van der Waals surface area (Å²) < 4.78 is 21.8. The van der Waals surface area contributed by atoms with Gasteiger partial charge in [0.25, 0.3) is 0 Å². The molecule has 37 heavy (non-hydrogen) atoms. The zero-order valence-electron chi connectivity index (χ0n) is 20.1. The summed E-state index contributed by atoms with van der Waals surface area (Å²) >= 11 is 0. The Morgan fingerprint density at radius 1 is 0.865 bits per heavy atom. The van der Waals surface area contributed by atoms with E-state index in [-0.39, 0.29) is 24.5 Å². The van der Waals surface area contributed by atoms with Crippen LogP contribution in [0.25, 0.3) is 17.2 Å². The van der Waals surface area contributed by atoms with Crippen molar-refractivity contribution in [2.24, 2.45) is 0 Å². The summed E-state index contributed by atoms with van der Waals surface area (Å²) in [4.78, 5) is 48.7. The summed E-state index contributed by atoms with van der Waals surface area (Å²) in [5.41, 5.74) is 2.17. The molecule has 0 saturated heterocycles. The maximum atomic E-state index is 12.7. The molecule has 0 spiro atoms. The van der Waals surface area contributed by atoms with E-state index in [1.165, 1.54) is 24.9 Å². The van der Waals surface area contributed by atoms with Crippen molar-refractivity contribution in [3.63, 3.8) is 0 Å². The molecule has 1 aromatic heterocycles. The van der Waals surface area contributed by atoms with Gasteiger partial charge in [0.2, 0.25) is 0 Å². The summed E-state index contributed by atoms with van der Waals surface area (Å²) in [5, 5.41) is 0. The number of aromatic nitrogens is 1. The van der Waals surface area contributed by atoms with Crippen LogP contribution in [0, 0.1) is 0 Å². The number of ether oxygens (including phenoxy) is 3. The van der Waals surface area contributed by atoms with Gasteiger partial charge < -0.3 is 18.6 Å². The molecule has 0 unspecified atom stereocenters. The topological polar surface area (TPSA) is 114 Å². The predicted octanol–water partition coefficient (Wildman–Crippen LogP) is 3.63. The largest absolute Gasteiger partial charge is 0.492 e. The van der Waals surface area contributed by atoms with Crippen LogP contribution < -0.4 is 10.5 Å². The number of ketones is 1. The number of esters is 2. The standard InChI is InChI=1S/C28H23NO8/c1-34-26(31)22(27(32)35-2)16-18-8-11-21(12-9-18)36-15-14-29-23-13-10-20(17-24(23)37-28(29)33)25(30)19-6-4-3-5-7-19/h3-13,16-17H,14-15H2,1-2H3. The number of benzene rings is 3. The van der Waals surface area contributed by atoms with Gasteiger partial charge in [-0.3, -0.25) is 9.36 Å². The molecular formula is C28H23NO8. The summed E-state index contributed by atoms with van der Waals surface area (Å²) in [5.74, 6) is -1.80. The first-order chi connectivity index (χ1) is 17.9. The first kappa shape index (κ1) is 25.2. The van der Waals surface area contributed by atoms with Crippen LogP contribution in [-0.2, 0) is 25.6 Å². The van der Waals surface area contributed by atoms with Crippen molar-refractivity contribution in [1.82, 2.24) is 4.57 Å². The second-order valence-electron chi connectivity index (χ2n) is 7.86. The molecule has 0 N–H and O–H groups in total. The number of methoxy groups -OCH3 is 2. The van der Waals surface area contributed by atoms with Crippen molar-refractivity contribution in [3.8, 4) is 5.75 Å².